The molecule has 7 heteroatoms. The first-order valence-corrected chi connectivity index (χ1v) is 7.44. The molecule has 0 aliphatic heterocycles. The molecule has 1 unspecified atom stereocenters. The third-order valence-electron chi connectivity index (χ3n) is 3.17. The topological polar surface area (TPSA) is 66.5 Å². The quantitative estimate of drug-likeness (QED) is 0.669. The Morgan fingerprint density at radius 2 is 2.00 bits per heavy atom. The Labute approximate surface area is 132 Å². The lowest BCUT2D eigenvalue weighted by molar-refractivity contribution is 0.379. The van der Waals surface area contributed by atoms with Gasteiger partial charge in [0, 0.05) is 22.5 Å². The lowest BCUT2D eigenvalue weighted by Gasteiger charge is -2.05. The molecule has 0 aliphatic rings. The van der Waals surface area contributed by atoms with Crippen molar-refractivity contribution in [3.63, 3.8) is 0 Å². The highest BCUT2D eigenvalue weighted by Gasteiger charge is 2.19. The minimum absolute atomic E-state index is 0.0371. The summed E-state index contributed by atoms with van der Waals surface area (Å²) < 4.78 is 32.9. The molecule has 0 radical (unpaired) electrons. The Hall–Kier alpha value is -2.15. The molecular formula is C15H10BrF2NO3. The van der Waals surface area contributed by atoms with Crippen molar-refractivity contribution in [2.45, 2.75) is 6.17 Å². The van der Waals surface area contributed by atoms with Gasteiger partial charge in [-0.1, -0.05) is 15.9 Å². The molecule has 0 fully saturated rings. The fraction of sp³-hybridized carbons (Fsp3) is 0.133. The van der Waals surface area contributed by atoms with Crippen LogP contribution in [0.2, 0.25) is 0 Å². The Kier molecular flexibility index (Phi) is 3.74. The van der Waals surface area contributed by atoms with Crippen LogP contribution in [0.4, 0.5) is 8.78 Å². The smallest absolute Gasteiger partial charge is 0.227 e. The zero-order valence-corrected chi connectivity index (χ0v) is 12.6. The molecule has 3 rings (SSSR count). The summed E-state index contributed by atoms with van der Waals surface area (Å²) in [5.74, 6) is -1.36. The number of oxazole rings is 1. The van der Waals surface area contributed by atoms with Crippen molar-refractivity contribution in [1.29, 1.82) is 0 Å². The van der Waals surface area contributed by atoms with Crippen molar-refractivity contribution in [1.82, 2.24) is 4.98 Å². The van der Waals surface area contributed by atoms with E-state index in [0.29, 0.717) is 5.56 Å². The molecule has 3 aromatic rings. The number of hydrogen-bond donors (Lipinski definition) is 2. The minimum Gasteiger partial charge on any atom is -0.508 e. The van der Waals surface area contributed by atoms with Crippen LogP contribution in [0, 0.1) is 5.82 Å². The molecule has 1 atom stereocenters. The number of phenols is 2. The Morgan fingerprint density at radius 1 is 1.23 bits per heavy atom. The zero-order chi connectivity index (χ0) is 15.9. The molecule has 22 heavy (non-hydrogen) atoms. The molecular weight excluding hydrogens is 360 g/mol. The van der Waals surface area contributed by atoms with Gasteiger partial charge in [0.1, 0.15) is 17.4 Å². The second-order valence-electron chi connectivity index (χ2n) is 4.69. The number of phenolic OH excluding ortho intramolecular Hbond substituents is 2. The molecule has 0 bridgehead atoms. The summed E-state index contributed by atoms with van der Waals surface area (Å²) in [5.41, 5.74) is 0.909. The predicted octanol–water partition coefficient (Wildman–Crippen LogP) is 4.45. The van der Waals surface area contributed by atoms with Gasteiger partial charge >= 0.3 is 0 Å². The number of aromatic nitrogens is 1. The van der Waals surface area contributed by atoms with Crippen LogP contribution < -0.4 is 0 Å². The van der Waals surface area contributed by atoms with E-state index in [1.54, 1.807) is 0 Å². The molecule has 0 saturated carbocycles. The van der Waals surface area contributed by atoms with Gasteiger partial charge in [0.05, 0.1) is 0 Å². The number of fused-ring (bicyclic) bond motifs is 1. The molecule has 114 valence electrons. The van der Waals surface area contributed by atoms with E-state index in [-0.39, 0.29) is 33.6 Å². The van der Waals surface area contributed by atoms with Gasteiger partial charge < -0.3 is 14.6 Å². The molecule has 1 heterocycles. The van der Waals surface area contributed by atoms with Crippen LogP contribution in [0.3, 0.4) is 0 Å². The first-order valence-electron chi connectivity index (χ1n) is 6.32. The second-order valence-corrected chi connectivity index (χ2v) is 5.34. The van der Waals surface area contributed by atoms with E-state index >= 15 is 0 Å². The number of hydrogen-bond acceptors (Lipinski definition) is 4. The van der Waals surface area contributed by atoms with Gasteiger partial charge in [-0.15, -0.1) is 0 Å². The highest BCUT2D eigenvalue weighted by atomic mass is 79.9. The Balaban J connectivity index is 2.18. The Bertz CT molecular complexity index is 850. The van der Waals surface area contributed by atoms with E-state index < -0.39 is 17.7 Å². The van der Waals surface area contributed by atoms with Crippen LogP contribution >= 0.6 is 15.9 Å². The molecule has 0 spiro atoms. The summed E-state index contributed by atoms with van der Waals surface area (Å²) >= 11 is 3.03. The highest BCUT2D eigenvalue weighted by molar-refractivity contribution is 9.09. The zero-order valence-electron chi connectivity index (χ0n) is 11.1. The van der Waals surface area contributed by atoms with E-state index in [0.717, 1.165) is 6.07 Å². The monoisotopic (exact) mass is 369 g/mol. The maximum absolute atomic E-state index is 14.0. The number of rotatable bonds is 3. The third-order valence-corrected chi connectivity index (χ3v) is 3.74. The highest BCUT2D eigenvalue weighted by Crippen LogP contribution is 2.35. The summed E-state index contributed by atoms with van der Waals surface area (Å²) in [4.78, 5) is 4.13. The molecule has 0 amide bonds. The van der Waals surface area contributed by atoms with Gasteiger partial charge in [0.2, 0.25) is 5.89 Å². The van der Waals surface area contributed by atoms with E-state index in [4.69, 9.17) is 4.42 Å². The molecule has 0 aliphatic carbocycles. The maximum atomic E-state index is 14.0. The molecule has 4 nitrogen and oxygen atoms in total. The normalized spacial score (nSPS) is 12.7. The summed E-state index contributed by atoms with van der Waals surface area (Å²) in [6.45, 7) is 0. The summed E-state index contributed by atoms with van der Waals surface area (Å²) in [6.07, 6.45) is -1.38. The first-order chi connectivity index (χ1) is 10.5. The fourth-order valence-corrected chi connectivity index (χ4v) is 2.47. The average molecular weight is 370 g/mol. The van der Waals surface area contributed by atoms with Gasteiger partial charge in [-0.3, -0.25) is 0 Å². The SMILES string of the molecule is Oc1cc(C(F)CBr)c2oc(-c3ccc(O)c(F)c3)nc2c1. The van der Waals surface area contributed by atoms with Crippen molar-refractivity contribution in [3.8, 4) is 23.0 Å². The minimum atomic E-state index is -1.38. The van der Waals surface area contributed by atoms with E-state index in [1.807, 2.05) is 0 Å². The summed E-state index contributed by atoms with van der Waals surface area (Å²) in [5, 5.41) is 18.9. The van der Waals surface area contributed by atoms with Crippen molar-refractivity contribution < 1.29 is 23.4 Å². The van der Waals surface area contributed by atoms with E-state index in [1.165, 1.54) is 24.3 Å². The van der Waals surface area contributed by atoms with Gasteiger partial charge in [0.25, 0.3) is 0 Å². The lowest BCUT2D eigenvalue weighted by atomic mass is 10.1. The van der Waals surface area contributed by atoms with Gasteiger partial charge in [-0.25, -0.2) is 13.8 Å². The van der Waals surface area contributed by atoms with Crippen LogP contribution in [0.5, 0.6) is 11.5 Å². The second kappa shape index (κ2) is 5.57. The third kappa shape index (κ3) is 2.52. The summed E-state index contributed by atoms with van der Waals surface area (Å²) in [6, 6.07) is 6.27. The van der Waals surface area contributed by atoms with E-state index in [9.17, 15) is 19.0 Å². The molecule has 0 saturated heterocycles. The predicted molar refractivity (Wildman–Crippen MR) is 80.4 cm³/mol. The van der Waals surface area contributed by atoms with Crippen molar-refractivity contribution in [2.75, 3.05) is 5.33 Å². The van der Waals surface area contributed by atoms with Gasteiger partial charge in [-0.05, 0) is 24.3 Å². The largest absolute Gasteiger partial charge is 0.508 e. The van der Waals surface area contributed by atoms with Crippen LogP contribution in [0.15, 0.2) is 34.7 Å². The van der Waals surface area contributed by atoms with Gasteiger partial charge in [0.15, 0.2) is 17.1 Å². The number of nitrogens with zero attached hydrogens (tertiary/aromatic N) is 1. The number of benzene rings is 2. The van der Waals surface area contributed by atoms with Crippen molar-refractivity contribution in [2.24, 2.45) is 0 Å². The van der Waals surface area contributed by atoms with E-state index in [2.05, 4.69) is 20.9 Å². The van der Waals surface area contributed by atoms with Crippen molar-refractivity contribution in [3.05, 3.63) is 41.7 Å². The average Bonchev–Trinajstić information content (AvgIpc) is 2.92. The van der Waals surface area contributed by atoms with Crippen LogP contribution in [0.25, 0.3) is 22.6 Å². The molecule has 1 aromatic heterocycles. The van der Waals surface area contributed by atoms with Gasteiger partial charge in [-0.2, -0.15) is 0 Å². The molecule has 2 N–H and O–H groups in total. The van der Waals surface area contributed by atoms with Crippen LogP contribution in [0.1, 0.15) is 11.7 Å². The van der Waals surface area contributed by atoms with Crippen molar-refractivity contribution >= 4 is 27.0 Å². The standard InChI is InChI=1S/C15H10BrF2NO3/c16-6-11(18)9-4-8(20)5-12-14(9)22-15(19-12)7-1-2-13(21)10(17)3-7/h1-5,11,20-21H,6H2. The molecule has 2 aromatic carbocycles. The fourth-order valence-electron chi connectivity index (χ4n) is 2.12. The number of aromatic hydroxyl groups is 2. The van der Waals surface area contributed by atoms with Crippen LogP contribution in [-0.4, -0.2) is 20.5 Å². The number of alkyl halides is 2. The lowest BCUT2D eigenvalue weighted by Crippen LogP contribution is -1.93. The Morgan fingerprint density at radius 3 is 2.68 bits per heavy atom. The first kappa shape index (κ1) is 14.8. The number of halogens is 3. The summed E-state index contributed by atoms with van der Waals surface area (Å²) in [7, 11) is 0. The van der Waals surface area contributed by atoms with Crippen LogP contribution in [-0.2, 0) is 0 Å². The maximum Gasteiger partial charge on any atom is 0.227 e.